The number of nitrogens with one attached hydrogen (secondary N) is 1. The van der Waals surface area contributed by atoms with Gasteiger partial charge in [0.1, 0.15) is 0 Å². The molecule has 4 heteroatoms. The highest BCUT2D eigenvalue weighted by atomic mass is 32.2. The van der Waals surface area contributed by atoms with Crippen LogP contribution in [0.25, 0.3) is 0 Å². The first kappa shape index (κ1) is 15.6. The Kier molecular flexibility index (Phi) is 5.39. The predicted molar refractivity (Wildman–Crippen MR) is 88.7 cm³/mol. The molecule has 1 aromatic heterocycles. The highest BCUT2D eigenvalue weighted by Gasteiger charge is 2.17. The standard InChI is InChI=1S/C17H20N2OS/c1-4-14-9-7-8-12(2)16(14)19-17(20)13(3)21-15-10-5-6-11-18-15/h5-11,13H,4H2,1-3H3,(H,19,20). The maximum atomic E-state index is 12.4. The van der Waals surface area contributed by atoms with Crippen LogP contribution in [0, 0.1) is 6.92 Å². The van der Waals surface area contributed by atoms with E-state index in [1.165, 1.54) is 17.3 Å². The van der Waals surface area contributed by atoms with Crippen molar-refractivity contribution in [3.8, 4) is 0 Å². The van der Waals surface area contributed by atoms with E-state index in [2.05, 4.69) is 23.3 Å². The Morgan fingerprint density at radius 3 is 2.76 bits per heavy atom. The molecular weight excluding hydrogens is 280 g/mol. The quantitative estimate of drug-likeness (QED) is 0.846. The zero-order valence-electron chi connectivity index (χ0n) is 12.6. The van der Waals surface area contributed by atoms with Gasteiger partial charge in [-0.05, 0) is 43.5 Å². The largest absolute Gasteiger partial charge is 0.325 e. The van der Waals surface area contributed by atoms with Gasteiger partial charge in [-0.2, -0.15) is 0 Å². The summed E-state index contributed by atoms with van der Waals surface area (Å²) in [5.41, 5.74) is 3.20. The summed E-state index contributed by atoms with van der Waals surface area (Å²) in [4.78, 5) is 16.6. The average Bonchev–Trinajstić information content (AvgIpc) is 2.50. The number of carbonyl (C=O) groups is 1. The van der Waals surface area contributed by atoms with Crippen LogP contribution in [-0.4, -0.2) is 16.1 Å². The SMILES string of the molecule is CCc1cccc(C)c1NC(=O)C(C)Sc1ccccn1. The lowest BCUT2D eigenvalue weighted by Gasteiger charge is -2.16. The second kappa shape index (κ2) is 7.27. The molecule has 0 radical (unpaired) electrons. The molecule has 2 rings (SSSR count). The first-order valence-electron chi connectivity index (χ1n) is 7.09. The molecule has 1 amide bonds. The van der Waals surface area contributed by atoms with Crippen molar-refractivity contribution in [3.63, 3.8) is 0 Å². The number of hydrogen-bond acceptors (Lipinski definition) is 3. The molecular formula is C17H20N2OS. The Hall–Kier alpha value is -1.81. The van der Waals surface area contributed by atoms with Crippen molar-refractivity contribution in [2.45, 2.75) is 37.5 Å². The van der Waals surface area contributed by atoms with Crippen LogP contribution in [-0.2, 0) is 11.2 Å². The molecule has 21 heavy (non-hydrogen) atoms. The lowest BCUT2D eigenvalue weighted by atomic mass is 10.1. The molecule has 3 nitrogen and oxygen atoms in total. The summed E-state index contributed by atoms with van der Waals surface area (Å²) in [5, 5.41) is 3.73. The maximum Gasteiger partial charge on any atom is 0.237 e. The van der Waals surface area contributed by atoms with Gasteiger partial charge in [0.15, 0.2) is 0 Å². The first-order chi connectivity index (χ1) is 10.1. The maximum absolute atomic E-state index is 12.4. The fourth-order valence-corrected chi connectivity index (χ4v) is 2.89. The Morgan fingerprint density at radius 1 is 1.29 bits per heavy atom. The van der Waals surface area contributed by atoms with Gasteiger partial charge in [0.25, 0.3) is 0 Å². The van der Waals surface area contributed by atoms with Crippen molar-refractivity contribution in [3.05, 3.63) is 53.7 Å². The highest BCUT2D eigenvalue weighted by Crippen LogP contribution is 2.25. The van der Waals surface area contributed by atoms with Crippen LogP contribution < -0.4 is 5.32 Å². The third-order valence-electron chi connectivity index (χ3n) is 3.29. The fourth-order valence-electron chi connectivity index (χ4n) is 2.08. The molecule has 1 aromatic carbocycles. The van der Waals surface area contributed by atoms with E-state index in [0.717, 1.165) is 22.7 Å². The van der Waals surface area contributed by atoms with E-state index in [0.29, 0.717) is 0 Å². The number of thioether (sulfide) groups is 1. The Morgan fingerprint density at radius 2 is 2.10 bits per heavy atom. The zero-order valence-corrected chi connectivity index (χ0v) is 13.4. The minimum Gasteiger partial charge on any atom is -0.325 e. The highest BCUT2D eigenvalue weighted by molar-refractivity contribution is 8.00. The minimum atomic E-state index is -0.191. The van der Waals surface area contributed by atoms with E-state index >= 15 is 0 Å². The summed E-state index contributed by atoms with van der Waals surface area (Å²) in [6.07, 6.45) is 2.64. The lowest BCUT2D eigenvalue weighted by Crippen LogP contribution is -2.23. The zero-order chi connectivity index (χ0) is 15.2. The molecule has 1 atom stereocenters. The monoisotopic (exact) mass is 300 g/mol. The second-order valence-corrected chi connectivity index (χ2v) is 6.24. The fraction of sp³-hybridized carbons (Fsp3) is 0.294. The van der Waals surface area contributed by atoms with Gasteiger partial charge in [0.2, 0.25) is 5.91 Å². The number of benzene rings is 1. The third kappa shape index (κ3) is 4.08. The molecule has 2 aromatic rings. The number of pyridine rings is 1. The van der Waals surface area contributed by atoms with E-state index in [1.54, 1.807) is 6.20 Å². The number of amides is 1. The van der Waals surface area contributed by atoms with Gasteiger partial charge in [-0.15, -0.1) is 0 Å². The average molecular weight is 300 g/mol. The van der Waals surface area contributed by atoms with Crippen molar-refractivity contribution in [1.82, 2.24) is 4.98 Å². The van der Waals surface area contributed by atoms with Crippen LogP contribution in [0.3, 0.4) is 0 Å². The molecule has 0 spiro atoms. The van der Waals surface area contributed by atoms with Crippen molar-refractivity contribution < 1.29 is 4.79 Å². The molecule has 110 valence electrons. The molecule has 1 N–H and O–H groups in total. The van der Waals surface area contributed by atoms with Crippen LogP contribution >= 0.6 is 11.8 Å². The van der Waals surface area contributed by atoms with Crippen LogP contribution in [0.15, 0.2) is 47.6 Å². The minimum absolute atomic E-state index is 0.00894. The summed E-state index contributed by atoms with van der Waals surface area (Å²) in [6.45, 7) is 6.01. The van der Waals surface area contributed by atoms with Gasteiger partial charge in [0.05, 0.1) is 10.3 Å². The van der Waals surface area contributed by atoms with Gasteiger partial charge in [-0.25, -0.2) is 4.98 Å². The normalized spacial score (nSPS) is 12.0. The predicted octanol–water partition coefficient (Wildman–Crippen LogP) is 4.07. The van der Waals surface area contributed by atoms with E-state index in [9.17, 15) is 4.79 Å². The molecule has 0 saturated heterocycles. The lowest BCUT2D eigenvalue weighted by molar-refractivity contribution is -0.115. The molecule has 0 saturated carbocycles. The number of rotatable bonds is 5. The van der Waals surface area contributed by atoms with Crippen LogP contribution in [0.4, 0.5) is 5.69 Å². The van der Waals surface area contributed by atoms with Crippen molar-refractivity contribution in [2.24, 2.45) is 0 Å². The third-order valence-corrected chi connectivity index (χ3v) is 4.34. The summed E-state index contributed by atoms with van der Waals surface area (Å²) in [5.74, 6) is 0.00894. The van der Waals surface area contributed by atoms with Gasteiger partial charge in [-0.1, -0.05) is 43.0 Å². The molecule has 1 heterocycles. The van der Waals surface area contributed by atoms with Crippen LogP contribution in [0.2, 0.25) is 0 Å². The molecule has 0 fully saturated rings. The van der Waals surface area contributed by atoms with Gasteiger partial charge >= 0.3 is 0 Å². The summed E-state index contributed by atoms with van der Waals surface area (Å²) in [6, 6.07) is 11.8. The number of hydrogen-bond donors (Lipinski definition) is 1. The Labute approximate surface area is 130 Å². The number of nitrogens with zero attached hydrogens (tertiary/aromatic N) is 1. The molecule has 0 aliphatic rings. The van der Waals surface area contributed by atoms with Crippen molar-refractivity contribution in [2.75, 3.05) is 5.32 Å². The summed E-state index contributed by atoms with van der Waals surface area (Å²) < 4.78 is 0. The van der Waals surface area contributed by atoms with E-state index < -0.39 is 0 Å². The van der Waals surface area contributed by atoms with Gasteiger partial charge < -0.3 is 5.32 Å². The van der Waals surface area contributed by atoms with E-state index in [-0.39, 0.29) is 11.2 Å². The number of carbonyl (C=O) groups excluding carboxylic acids is 1. The number of para-hydroxylation sites is 1. The Balaban J connectivity index is 2.08. The topological polar surface area (TPSA) is 42.0 Å². The van der Waals surface area contributed by atoms with Crippen molar-refractivity contribution >= 4 is 23.4 Å². The summed E-state index contributed by atoms with van der Waals surface area (Å²) >= 11 is 1.47. The molecule has 0 aliphatic heterocycles. The van der Waals surface area contributed by atoms with E-state index in [1.807, 2.05) is 44.2 Å². The van der Waals surface area contributed by atoms with Gasteiger partial charge in [-0.3, -0.25) is 4.79 Å². The number of aromatic nitrogens is 1. The first-order valence-corrected chi connectivity index (χ1v) is 7.96. The Bertz CT molecular complexity index is 613. The van der Waals surface area contributed by atoms with Crippen LogP contribution in [0.1, 0.15) is 25.0 Å². The number of aryl methyl sites for hydroxylation is 2. The second-order valence-electron chi connectivity index (χ2n) is 4.88. The smallest absolute Gasteiger partial charge is 0.237 e. The molecule has 0 aliphatic carbocycles. The van der Waals surface area contributed by atoms with E-state index in [4.69, 9.17) is 0 Å². The molecule has 0 bridgehead atoms. The van der Waals surface area contributed by atoms with Gasteiger partial charge in [0, 0.05) is 11.9 Å². The molecule has 1 unspecified atom stereocenters. The summed E-state index contributed by atoms with van der Waals surface area (Å²) in [7, 11) is 0. The number of anilines is 1. The van der Waals surface area contributed by atoms with Crippen molar-refractivity contribution in [1.29, 1.82) is 0 Å². The van der Waals surface area contributed by atoms with Crippen LogP contribution in [0.5, 0.6) is 0 Å².